The van der Waals surface area contributed by atoms with Gasteiger partial charge in [-0.2, -0.15) is 4.68 Å². The van der Waals surface area contributed by atoms with E-state index in [9.17, 15) is 9.18 Å². The van der Waals surface area contributed by atoms with Crippen molar-refractivity contribution in [3.05, 3.63) is 64.8 Å². The van der Waals surface area contributed by atoms with Gasteiger partial charge in [-0.25, -0.2) is 19.2 Å². The zero-order chi connectivity index (χ0) is 23.7. The zero-order valence-corrected chi connectivity index (χ0v) is 18.5. The largest absolute Gasteiger partial charge is 0.371 e. The average Bonchev–Trinajstić information content (AvgIpc) is 3.39. The first kappa shape index (κ1) is 22.0. The van der Waals surface area contributed by atoms with Crippen molar-refractivity contribution in [2.24, 2.45) is 0 Å². The fraction of sp³-hybridized carbons (Fsp3) is 0.409. The summed E-state index contributed by atoms with van der Waals surface area (Å²) in [6.07, 6.45) is 4.59. The third-order valence-electron chi connectivity index (χ3n) is 6.33. The van der Waals surface area contributed by atoms with E-state index in [1.165, 1.54) is 17.1 Å². The Morgan fingerprint density at radius 2 is 2.09 bits per heavy atom. The number of tetrazole rings is 1. The van der Waals surface area contributed by atoms with E-state index < -0.39 is 5.82 Å². The van der Waals surface area contributed by atoms with Crippen LogP contribution in [0.3, 0.4) is 0 Å². The lowest BCUT2D eigenvalue weighted by atomic mass is 9.98. The molecule has 0 saturated carbocycles. The summed E-state index contributed by atoms with van der Waals surface area (Å²) in [4.78, 5) is 28.8. The minimum Gasteiger partial charge on any atom is -0.371 e. The predicted octanol–water partition coefficient (Wildman–Crippen LogP) is 1.28. The number of aromatic nitrogens is 6. The normalized spacial score (nSPS) is 20.6. The maximum Gasteiger partial charge on any atom is 0.253 e. The summed E-state index contributed by atoms with van der Waals surface area (Å²) in [5, 5.41) is 10.8. The van der Waals surface area contributed by atoms with Gasteiger partial charge in [0.1, 0.15) is 12.1 Å². The van der Waals surface area contributed by atoms with Gasteiger partial charge in [0.15, 0.2) is 0 Å². The van der Waals surface area contributed by atoms with E-state index in [1.54, 1.807) is 25.4 Å². The highest BCUT2D eigenvalue weighted by Gasteiger charge is 2.36. The van der Waals surface area contributed by atoms with E-state index >= 15 is 0 Å². The summed E-state index contributed by atoms with van der Waals surface area (Å²) >= 11 is 0. The highest BCUT2D eigenvalue weighted by molar-refractivity contribution is 5.78. The van der Waals surface area contributed by atoms with Gasteiger partial charge in [-0.1, -0.05) is 6.07 Å². The molecule has 0 aliphatic carbocycles. The third-order valence-corrected chi connectivity index (χ3v) is 6.33. The number of benzene rings is 1. The molecule has 2 atom stereocenters. The Hall–Kier alpha value is -3.82. The molecule has 3 aromatic rings. The molecule has 0 unspecified atom stereocenters. The van der Waals surface area contributed by atoms with Crippen LogP contribution >= 0.6 is 0 Å². The van der Waals surface area contributed by atoms with E-state index in [0.717, 1.165) is 12.1 Å². The van der Waals surface area contributed by atoms with Crippen LogP contribution in [0.5, 0.6) is 0 Å². The molecule has 5 rings (SSSR count). The maximum atomic E-state index is 13.9. The average molecular weight is 463 g/mol. The van der Waals surface area contributed by atoms with Crippen molar-refractivity contribution in [2.45, 2.75) is 25.5 Å². The van der Waals surface area contributed by atoms with Gasteiger partial charge >= 0.3 is 0 Å². The second-order valence-corrected chi connectivity index (χ2v) is 8.35. The third kappa shape index (κ3) is 4.23. The lowest BCUT2D eigenvalue weighted by Crippen LogP contribution is -2.59. The fourth-order valence-electron chi connectivity index (χ4n) is 4.46. The molecule has 2 aromatic heterocycles. The first-order chi connectivity index (χ1) is 16.5. The first-order valence-electron chi connectivity index (χ1n) is 10.9. The Balaban J connectivity index is 1.19. The van der Waals surface area contributed by atoms with E-state index in [-0.39, 0.29) is 30.2 Å². The van der Waals surface area contributed by atoms with Crippen LogP contribution in [0, 0.1) is 19.3 Å². The number of morpholine rings is 1. The second kappa shape index (κ2) is 9.20. The summed E-state index contributed by atoms with van der Waals surface area (Å²) < 4.78 is 21.4. The van der Waals surface area contributed by atoms with E-state index in [4.69, 9.17) is 11.3 Å². The topological polar surface area (TPSA) is 107 Å². The Labute approximate surface area is 195 Å². The molecule has 0 spiro atoms. The summed E-state index contributed by atoms with van der Waals surface area (Å²) in [6, 6.07) is 3.13. The molecule has 12 heteroatoms. The van der Waals surface area contributed by atoms with E-state index in [1.807, 2.05) is 4.90 Å². The van der Waals surface area contributed by atoms with Crippen molar-refractivity contribution in [1.29, 1.82) is 0 Å². The van der Waals surface area contributed by atoms with Crippen LogP contribution < -0.4 is 0 Å². The molecule has 2 saturated heterocycles. The van der Waals surface area contributed by atoms with Gasteiger partial charge in [0, 0.05) is 38.6 Å². The molecule has 11 nitrogen and oxygen atoms in total. The molecule has 4 heterocycles. The Morgan fingerprint density at radius 1 is 1.26 bits per heavy atom. The number of nitrogens with zero attached hydrogens (tertiary/aromatic N) is 9. The number of hydrogen-bond donors (Lipinski definition) is 0. The predicted molar refractivity (Wildman–Crippen MR) is 116 cm³/mol. The first-order valence-corrected chi connectivity index (χ1v) is 10.9. The van der Waals surface area contributed by atoms with Crippen LogP contribution in [0.25, 0.3) is 10.8 Å². The number of piperazine rings is 1. The van der Waals surface area contributed by atoms with Crippen LogP contribution in [0.15, 0.2) is 30.9 Å². The van der Waals surface area contributed by atoms with Gasteiger partial charge in [-0.15, -0.1) is 5.10 Å². The molecule has 34 heavy (non-hydrogen) atoms. The summed E-state index contributed by atoms with van der Waals surface area (Å²) in [6.45, 7) is 12.0. The summed E-state index contributed by atoms with van der Waals surface area (Å²) in [5.41, 5.74) is 2.23. The monoisotopic (exact) mass is 463 g/mol. The zero-order valence-electron chi connectivity index (χ0n) is 18.5. The Kier molecular flexibility index (Phi) is 5.95. The maximum absolute atomic E-state index is 13.9. The molecule has 1 aromatic carbocycles. The molecule has 1 amide bonds. The minimum atomic E-state index is -0.507. The number of amides is 1. The fourth-order valence-corrected chi connectivity index (χ4v) is 4.46. The number of rotatable bonds is 4. The summed E-state index contributed by atoms with van der Waals surface area (Å²) in [5.74, 6) is -0.159. The number of halogens is 1. The molecule has 2 fully saturated rings. The smallest absolute Gasteiger partial charge is 0.253 e. The quantitative estimate of drug-likeness (QED) is 0.533. The Bertz CT molecular complexity index is 1230. The lowest BCUT2D eigenvalue weighted by molar-refractivity contribution is -0.139. The Morgan fingerprint density at radius 3 is 2.82 bits per heavy atom. The number of hydrogen-bond acceptors (Lipinski definition) is 8. The van der Waals surface area contributed by atoms with Crippen molar-refractivity contribution in [3.63, 3.8) is 0 Å². The SMILES string of the molecule is [C-]#[N+]c1c(F)ccc([C@H]2CN3CCN(C(=O)Cc4cnc(-n5cnnn5)nc4)C[C@@H]3CO2)c1C. The van der Waals surface area contributed by atoms with Gasteiger partial charge in [0.25, 0.3) is 5.95 Å². The molecule has 0 N–H and O–H groups in total. The van der Waals surface area contributed by atoms with Gasteiger partial charge in [-0.05, 0) is 40.1 Å². The van der Waals surface area contributed by atoms with Crippen molar-refractivity contribution in [3.8, 4) is 5.95 Å². The molecule has 0 bridgehead atoms. The number of carbonyl (C=O) groups excluding carboxylic acids is 1. The molecule has 2 aliphatic rings. The number of ether oxygens (including phenoxy) is 1. The molecule has 0 radical (unpaired) electrons. The van der Waals surface area contributed by atoms with E-state index in [2.05, 4.69) is 35.2 Å². The molecular formula is C22H22FN9O2. The van der Waals surface area contributed by atoms with Gasteiger partial charge < -0.3 is 9.64 Å². The van der Waals surface area contributed by atoms with Crippen LogP contribution in [-0.4, -0.2) is 84.7 Å². The van der Waals surface area contributed by atoms with Crippen LogP contribution in [0.1, 0.15) is 22.8 Å². The van der Waals surface area contributed by atoms with Crippen molar-refractivity contribution >= 4 is 11.6 Å². The van der Waals surface area contributed by atoms with Gasteiger partial charge in [0.05, 0.1) is 31.7 Å². The lowest BCUT2D eigenvalue weighted by Gasteiger charge is -2.46. The standard InChI is InChI=1S/C22H22FN9O2/c1-14-17(3-4-18(23)21(14)24-2)19-11-30-5-6-31(10-16(30)12-34-19)20(33)7-15-8-25-22(26-9-15)32-13-27-28-29-32/h3-4,8-9,13,16,19H,5-7,10-12H2,1H3/t16-,19-/m1/s1. The van der Waals surface area contributed by atoms with Crippen LogP contribution in [-0.2, 0) is 16.0 Å². The molecule has 174 valence electrons. The summed E-state index contributed by atoms with van der Waals surface area (Å²) in [7, 11) is 0. The van der Waals surface area contributed by atoms with Crippen molar-refractivity contribution in [2.75, 3.05) is 32.8 Å². The highest BCUT2D eigenvalue weighted by atomic mass is 19.1. The van der Waals surface area contributed by atoms with Crippen molar-refractivity contribution in [1.82, 2.24) is 40.0 Å². The second-order valence-electron chi connectivity index (χ2n) is 8.35. The highest BCUT2D eigenvalue weighted by Crippen LogP contribution is 2.34. The van der Waals surface area contributed by atoms with E-state index in [0.29, 0.717) is 43.3 Å². The number of fused-ring (bicyclic) bond motifs is 1. The number of carbonyl (C=O) groups is 1. The van der Waals surface area contributed by atoms with Gasteiger partial charge in [0.2, 0.25) is 11.6 Å². The van der Waals surface area contributed by atoms with Crippen LogP contribution in [0.4, 0.5) is 10.1 Å². The van der Waals surface area contributed by atoms with Gasteiger partial charge in [-0.3, -0.25) is 9.69 Å². The molecule has 2 aliphatic heterocycles. The van der Waals surface area contributed by atoms with Crippen molar-refractivity contribution < 1.29 is 13.9 Å². The minimum absolute atomic E-state index is 0.0108. The molecular weight excluding hydrogens is 441 g/mol. The van der Waals surface area contributed by atoms with Crippen LogP contribution in [0.2, 0.25) is 0 Å².